The number of aromatic nitrogens is 1. The van der Waals surface area contributed by atoms with Crippen molar-refractivity contribution in [2.24, 2.45) is 0 Å². The summed E-state index contributed by atoms with van der Waals surface area (Å²) in [6, 6.07) is 5.63. The summed E-state index contributed by atoms with van der Waals surface area (Å²) in [6.07, 6.45) is 1.62. The zero-order valence-corrected chi connectivity index (χ0v) is 15.4. The molecule has 0 unspecified atom stereocenters. The van der Waals surface area contributed by atoms with E-state index in [-0.39, 0.29) is 0 Å². The molecule has 0 radical (unpaired) electrons. The molecule has 0 saturated heterocycles. The number of methoxy groups -OCH3 is 1. The standard InChI is InChI=1S/C18H17N3O8/c1-27-18(24)13-8-12(21(25)26)9-20(17(13)23)10-16(22)19-11-3-4-14-15(7-11)29-6-2-5-28-14/h3-4,7-9H,2,5-6,10H2,1H3,(H,19,22). The van der Waals surface area contributed by atoms with Gasteiger partial charge < -0.3 is 19.5 Å². The number of benzene rings is 1. The first kappa shape index (κ1) is 19.9. The molecule has 1 aliphatic heterocycles. The number of nitro groups is 1. The number of carbonyl (C=O) groups is 2. The van der Waals surface area contributed by atoms with Crippen LogP contribution in [0.15, 0.2) is 35.3 Å². The third-order valence-electron chi connectivity index (χ3n) is 4.03. The van der Waals surface area contributed by atoms with Gasteiger partial charge in [-0.1, -0.05) is 0 Å². The number of ether oxygens (including phenoxy) is 3. The van der Waals surface area contributed by atoms with E-state index in [4.69, 9.17) is 9.47 Å². The minimum absolute atomic E-state index is 0.394. The minimum Gasteiger partial charge on any atom is -0.490 e. The van der Waals surface area contributed by atoms with Gasteiger partial charge in [-0.15, -0.1) is 0 Å². The van der Waals surface area contributed by atoms with Gasteiger partial charge in [-0.25, -0.2) is 4.79 Å². The topological polar surface area (TPSA) is 139 Å². The average Bonchev–Trinajstić information content (AvgIpc) is 2.93. The molecule has 11 heteroatoms. The van der Waals surface area contributed by atoms with Gasteiger partial charge in [-0.2, -0.15) is 0 Å². The van der Waals surface area contributed by atoms with Crippen LogP contribution in [0.5, 0.6) is 11.5 Å². The van der Waals surface area contributed by atoms with Crippen molar-refractivity contribution < 1.29 is 28.7 Å². The molecule has 0 bridgehead atoms. The van der Waals surface area contributed by atoms with E-state index >= 15 is 0 Å². The Kier molecular flexibility index (Phi) is 5.77. The number of pyridine rings is 1. The molecule has 1 N–H and O–H groups in total. The van der Waals surface area contributed by atoms with Crippen molar-refractivity contribution in [3.05, 3.63) is 56.5 Å². The van der Waals surface area contributed by atoms with Crippen LogP contribution in [0, 0.1) is 10.1 Å². The number of anilines is 1. The lowest BCUT2D eigenvalue weighted by Gasteiger charge is -2.11. The van der Waals surface area contributed by atoms with Crippen LogP contribution in [-0.4, -0.2) is 41.7 Å². The Labute approximate surface area is 163 Å². The monoisotopic (exact) mass is 403 g/mol. The lowest BCUT2D eigenvalue weighted by atomic mass is 10.2. The van der Waals surface area contributed by atoms with Crippen molar-refractivity contribution in [2.75, 3.05) is 25.6 Å². The van der Waals surface area contributed by atoms with Crippen LogP contribution < -0.4 is 20.3 Å². The van der Waals surface area contributed by atoms with E-state index < -0.39 is 40.2 Å². The first-order valence-electron chi connectivity index (χ1n) is 8.55. The summed E-state index contributed by atoms with van der Waals surface area (Å²) in [4.78, 5) is 46.8. The second-order valence-electron chi connectivity index (χ2n) is 6.05. The van der Waals surface area contributed by atoms with E-state index in [1.807, 2.05) is 0 Å². The van der Waals surface area contributed by atoms with E-state index in [0.717, 1.165) is 30.4 Å². The molecule has 29 heavy (non-hydrogen) atoms. The van der Waals surface area contributed by atoms with Crippen LogP contribution >= 0.6 is 0 Å². The largest absolute Gasteiger partial charge is 0.490 e. The Balaban J connectivity index is 1.82. The predicted octanol–water partition coefficient (Wildman–Crippen LogP) is 1.34. The molecule has 1 aliphatic rings. The van der Waals surface area contributed by atoms with Crippen LogP contribution in [0.1, 0.15) is 16.8 Å². The highest BCUT2D eigenvalue weighted by atomic mass is 16.6. The molecule has 0 saturated carbocycles. The molecule has 0 atom stereocenters. The summed E-state index contributed by atoms with van der Waals surface area (Å²) in [6.45, 7) is 0.458. The van der Waals surface area contributed by atoms with Crippen LogP contribution in [-0.2, 0) is 16.1 Å². The van der Waals surface area contributed by atoms with Gasteiger partial charge in [0, 0.05) is 24.2 Å². The van der Waals surface area contributed by atoms with Crippen molar-refractivity contribution in [1.29, 1.82) is 0 Å². The van der Waals surface area contributed by atoms with Gasteiger partial charge >= 0.3 is 5.97 Å². The highest BCUT2D eigenvalue weighted by Crippen LogP contribution is 2.32. The van der Waals surface area contributed by atoms with E-state index in [1.165, 1.54) is 0 Å². The fourth-order valence-electron chi connectivity index (χ4n) is 2.69. The number of rotatable bonds is 5. The number of fused-ring (bicyclic) bond motifs is 1. The molecule has 11 nitrogen and oxygen atoms in total. The fourth-order valence-corrected chi connectivity index (χ4v) is 2.69. The van der Waals surface area contributed by atoms with Gasteiger partial charge in [-0.3, -0.25) is 24.3 Å². The zero-order chi connectivity index (χ0) is 21.0. The molecular weight excluding hydrogens is 386 g/mol. The molecule has 0 spiro atoms. The number of esters is 1. The Morgan fingerprint density at radius 2 is 1.97 bits per heavy atom. The smallest absolute Gasteiger partial charge is 0.343 e. The number of hydrogen-bond donors (Lipinski definition) is 1. The molecule has 0 fully saturated rings. The van der Waals surface area contributed by atoms with Crippen LogP contribution in [0.3, 0.4) is 0 Å². The number of nitrogens with one attached hydrogen (secondary N) is 1. The Morgan fingerprint density at radius 1 is 1.24 bits per heavy atom. The average molecular weight is 403 g/mol. The maximum Gasteiger partial charge on any atom is 0.343 e. The highest BCUT2D eigenvalue weighted by Gasteiger charge is 2.21. The Morgan fingerprint density at radius 3 is 2.66 bits per heavy atom. The maximum atomic E-state index is 12.4. The normalized spacial score (nSPS) is 12.6. The second-order valence-corrected chi connectivity index (χ2v) is 6.05. The molecule has 0 aliphatic carbocycles. The van der Waals surface area contributed by atoms with E-state index in [0.29, 0.717) is 30.4 Å². The third kappa shape index (κ3) is 4.51. The first-order chi connectivity index (χ1) is 13.9. The maximum absolute atomic E-state index is 12.4. The number of amides is 1. The summed E-state index contributed by atoms with van der Waals surface area (Å²) in [7, 11) is 1.04. The second kappa shape index (κ2) is 8.42. The SMILES string of the molecule is COC(=O)c1cc([N+](=O)[O-])cn(CC(=O)Nc2ccc3c(c2)OCCCO3)c1=O. The van der Waals surface area contributed by atoms with Crippen molar-refractivity contribution in [1.82, 2.24) is 4.57 Å². The van der Waals surface area contributed by atoms with Gasteiger partial charge in [0.2, 0.25) is 5.91 Å². The van der Waals surface area contributed by atoms with Gasteiger partial charge in [-0.05, 0) is 12.1 Å². The van der Waals surface area contributed by atoms with Gasteiger partial charge in [0.25, 0.3) is 11.2 Å². The molecule has 2 aromatic rings. The third-order valence-corrected chi connectivity index (χ3v) is 4.03. The Hall–Kier alpha value is -3.89. The summed E-state index contributed by atoms with van der Waals surface area (Å²) in [5.41, 5.74) is -1.54. The van der Waals surface area contributed by atoms with Gasteiger partial charge in [0.15, 0.2) is 11.5 Å². The molecule has 152 valence electrons. The van der Waals surface area contributed by atoms with Crippen molar-refractivity contribution >= 4 is 23.3 Å². The number of nitrogens with zero attached hydrogens (tertiary/aromatic N) is 2. The lowest BCUT2D eigenvalue weighted by molar-refractivity contribution is -0.385. The summed E-state index contributed by atoms with van der Waals surface area (Å²) < 4.78 is 16.3. The van der Waals surface area contributed by atoms with Crippen molar-refractivity contribution in [3.63, 3.8) is 0 Å². The number of carbonyl (C=O) groups excluding carboxylic acids is 2. The minimum atomic E-state index is -1.03. The van der Waals surface area contributed by atoms with Gasteiger partial charge in [0.1, 0.15) is 12.1 Å². The van der Waals surface area contributed by atoms with Crippen molar-refractivity contribution in [3.8, 4) is 11.5 Å². The van der Waals surface area contributed by atoms with E-state index in [2.05, 4.69) is 10.1 Å². The molecule has 1 aromatic heterocycles. The molecule has 1 aromatic carbocycles. The Bertz CT molecular complexity index is 1030. The zero-order valence-electron chi connectivity index (χ0n) is 15.4. The lowest BCUT2D eigenvalue weighted by Crippen LogP contribution is -2.31. The highest BCUT2D eigenvalue weighted by molar-refractivity contribution is 5.92. The summed E-state index contributed by atoms with van der Waals surface area (Å²) in [5, 5.41) is 13.7. The van der Waals surface area contributed by atoms with E-state index in [9.17, 15) is 24.5 Å². The predicted molar refractivity (Wildman–Crippen MR) is 99.4 cm³/mol. The van der Waals surface area contributed by atoms with E-state index in [1.54, 1.807) is 18.2 Å². The van der Waals surface area contributed by atoms with Crippen molar-refractivity contribution in [2.45, 2.75) is 13.0 Å². The van der Waals surface area contributed by atoms with Crippen LogP contribution in [0.25, 0.3) is 0 Å². The van der Waals surface area contributed by atoms with Crippen LogP contribution in [0.2, 0.25) is 0 Å². The summed E-state index contributed by atoms with van der Waals surface area (Å²) in [5.74, 6) is -0.632. The van der Waals surface area contributed by atoms with Crippen LogP contribution in [0.4, 0.5) is 11.4 Å². The first-order valence-corrected chi connectivity index (χ1v) is 8.55. The molecule has 2 heterocycles. The fraction of sp³-hybridized carbons (Fsp3) is 0.278. The molecule has 1 amide bonds. The number of hydrogen-bond acceptors (Lipinski definition) is 8. The molecule has 3 rings (SSSR count). The van der Waals surface area contributed by atoms with Gasteiger partial charge in [0.05, 0.1) is 31.4 Å². The quantitative estimate of drug-likeness (QED) is 0.448. The summed E-state index contributed by atoms with van der Waals surface area (Å²) >= 11 is 0. The molecular formula is C18H17N3O8.